The summed E-state index contributed by atoms with van der Waals surface area (Å²) in [6.07, 6.45) is -20.8. The van der Waals surface area contributed by atoms with Crippen molar-refractivity contribution in [3.63, 3.8) is 0 Å². The van der Waals surface area contributed by atoms with Crippen molar-refractivity contribution in [2.45, 2.75) is 110 Å². The highest BCUT2D eigenvalue weighted by Gasteiger charge is 2.58. The summed E-state index contributed by atoms with van der Waals surface area (Å²) >= 11 is 0. The molecule has 1 aromatic carbocycles. The van der Waals surface area contributed by atoms with Gasteiger partial charge in [0.25, 0.3) is 0 Å². The van der Waals surface area contributed by atoms with Gasteiger partial charge in [-0.25, -0.2) is 0 Å². The summed E-state index contributed by atoms with van der Waals surface area (Å²) in [6, 6.07) is 7.82. The topological polar surface area (TPSA) is 272 Å². The molecule has 0 spiro atoms. The van der Waals surface area contributed by atoms with Crippen LogP contribution < -0.4 is 0 Å². The van der Waals surface area contributed by atoms with Crippen molar-refractivity contribution in [1.82, 2.24) is 4.90 Å². The monoisotopic (exact) mass is 687 g/mol. The van der Waals surface area contributed by atoms with Crippen LogP contribution >= 0.6 is 0 Å². The maximum absolute atomic E-state index is 11.1. The first-order valence-electron chi connectivity index (χ1n) is 15.8. The van der Waals surface area contributed by atoms with Gasteiger partial charge in [0, 0.05) is 11.6 Å². The minimum atomic E-state index is -2.39. The van der Waals surface area contributed by atoms with Crippen LogP contribution in [-0.4, -0.2) is 192 Å². The number of aliphatic hydroxyl groups is 11. The number of hydrogen-bond acceptors (Lipinski definition) is 17. The SMILES string of the molecule is OC[C@@H]1CCCN1C(C#Cc1ccccc1)[C@H]1O[C@H](OC[C@H]2O[C@H](O[C@]3(CO)O[C@H](CO)[C@@H](O)[C@@H]3O)[C@H](O)[C@@H](O)[C@@H]2O)[C@H](O)[C@@H](O)[C@H]1O. The molecule has 4 heterocycles. The van der Waals surface area contributed by atoms with E-state index < -0.39 is 111 Å². The molecule has 48 heavy (non-hydrogen) atoms. The Hall–Kier alpha value is -1.90. The van der Waals surface area contributed by atoms with E-state index in [1.54, 1.807) is 24.3 Å². The van der Waals surface area contributed by atoms with Crippen LogP contribution in [0.5, 0.6) is 0 Å². The molecular formula is C31H45NO16. The first-order chi connectivity index (χ1) is 23.0. The second-order valence-electron chi connectivity index (χ2n) is 12.4. The van der Waals surface area contributed by atoms with E-state index >= 15 is 0 Å². The van der Waals surface area contributed by atoms with E-state index in [1.165, 1.54) is 0 Å². The van der Waals surface area contributed by atoms with Crippen molar-refractivity contribution in [2.75, 3.05) is 33.0 Å². The summed E-state index contributed by atoms with van der Waals surface area (Å²) in [5.41, 5.74) is 0.668. The molecule has 0 amide bonds. The number of nitrogens with zero attached hydrogens (tertiary/aromatic N) is 1. The van der Waals surface area contributed by atoms with Gasteiger partial charge in [0.15, 0.2) is 12.6 Å². The molecule has 1 unspecified atom stereocenters. The van der Waals surface area contributed by atoms with Crippen LogP contribution in [0.2, 0.25) is 0 Å². The highest BCUT2D eigenvalue weighted by Crippen LogP contribution is 2.36. The Morgan fingerprint density at radius 2 is 1.48 bits per heavy atom. The second-order valence-corrected chi connectivity index (χ2v) is 12.4. The van der Waals surface area contributed by atoms with Gasteiger partial charge in [-0.15, -0.1) is 0 Å². The zero-order valence-electron chi connectivity index (χ0n) is 25.9. The number of hydrogen-bond donors (Lipinski definition) is 11. The van der Waals surface area contributed by atoms with Gasteiger partial charge in [0.05, 0.1) is 19.8 Å². The van der Waals surface area contributed by atoms with Gasteiger partial charge in [-0.05, 0) is 31.5 Å². The Bertz CT molecular complexity index is 1240. The van der Waals surface area contributed by atoms with Crippen LogP contribution in [0.1, 0.15) is 18.4 Å². The Kier molecular flexibility index (Phi) is 12.4. The van der Waals surface area contributed by atoms with Crippen LogP contribution in [0.25, 0.3) is 0 Å². The molecule has 0 bridgehead atoms. The maximum Gasteiger partial charge on any atom is 0.224 e. The third-order valence-corrected chi connectivity index (χ3v) is 9.36. The number of likely N-dealkylation sites (tertiary alicyclic amines) is 1. The summed E-state index contributed by atoms with van der Waals surface area (Å²) in [4.78, 5) is 1.85. The average Bonchev–Trinajstić information content (AvgIpc) is 3.67. The molecule has 4 saturated heterocycles. The minimum absolute atomic E-state index is 0.189. The van der Waals surface area contributed by atoms with Crippen LogP contribution in [0, 0.1) is 11.8 Å². The normalized spacial score (nSPS) is 44.3. The lowest BCUT2D eigenvalue weighted by Crippen LogP contribution is -2.65. The molecule has 16 atom stereocenters. The van der Waals surface area contributed by atoms with E-state index in [0.717, 1.165) is 6.42 Å². The standard InChI is InChI=1S/C31H45NO16/c33-11-16-7-4-10-32(16)17(9-8-15-5-2-1-3-6-15)27-24(40)23(39)25(41)29(46-27)44-13-19-20(36)22(38)26(42)30(45-19)48-31(14-35)28(43)21(37)18(12-34)47-31/h1-3,5-6,16-30,33-43H,4,7,10-14H2/t16-,17?,18+,19+,20+,21+,22-,23-,24+,25+,26+,27+,28-,29-,30+,31-/m0/s1. The lowest BCUT2D eigenvalue weighted by molar-refractivity contribution is -0.388. The van der Waals surface area contributed by atoms with Gasteiger partial charge in [0.2, 0.25) is 5.79 Å². The van der Waals surface area contributed by atoms with Crippen molar-refractivity contribution >= 4 is 0 Å². The molecule has 0 saturated carbocycles. The molecular weight excluding hydrogens is 642 g/mol. The highest BCUT2D eigenvalue weighted by atomic mass is 16.8. The molecule has 0 aromatic heterocycles. The predicted molar refractivity (Wildman–Crippen MR) is 158 cm³/mol. The molecule has 5 rings (SSSR count). The third-order valence-electron chi connectivity index (χ3n) is 9.36. The number of rotatable bonds is 10. The third kappa shape index (κ3) is 7.42. The van der Waals surface area contributed by atoms with Gasteiger partial charge in [0.1, 0.15) is 79.8 Å². The molecule has 4 aliphatic rings. The van der Waals surface area contributed by atoms with Crippen LogP contribution in [-0.2, 0) is 23.7 Å². The highest BCUT2D eigenvalue weighted by molar-refractivity contribution is 5.35. The molecule has 4 aliphatic heterocycles. The Morgan fingerprint density at radius 1 is 0.792 bits per heavy atom. The van der Waals surface area contributed by atoms with Gasteiger partial charge in [-0.1, -0.05) is 30.0 Å². The summed E-state index contributed by atoms with van der Waals surface area (Å²) in [5, 5.41) is 115. The van der Waals surface area contributed by atoms with Crippen molar-refractivity contribution in [3.05, 3.63) is 35.9 Å². The van der Waals surface area contributed by atoms with E-state index in [-0.39, 0.29) is 12.6 Å². The van der Waals surface area contributed by atoms with E-state index in [1.807, 2.05) is 11.0 Å². The van der Waals surface area contributed by atoms with Gasteiger partial charge >= 0.3 is 0 Å². The lowest BCUT2D eigenvalue weighted by atomic mass is 9.92. The van der Waals surface area contributed by atoms with E-state index in [9.17, 15) is 56.2 Å². The Balaban J connectivity index is 1.32. The van der Waals surface area contributed by atoms with Crippen molar-refractivity contribution in [1.29, 1.82) is 0 Å². The van der Waals surface area contributed by atoms with Crippen molar-refractivity contribution < 1.29 is 79.9 Å². The summed E-state index contributed by atoms with van der Waals surface area (Å²) in [7, 11) is 0. The fourth-order valence-corrected chi connectivity index (χ4v) is 6.53. The quantitative estimate of drug-likeness (QED) is 0.102. The smallest absolute Gasteiger partial charge is 0.224 e. The molecule has 0 radical (unpaired) electrons. The zero-order valence-corrected chi connectivity index (χ0v) is 25.9. The molecule has 1 aromatic rings. The molecule has 17 heteroatoms. The van der Waals surface area contributed by atoms with Crippen LogP contribution in [0.15, 0.2) is 30.3 Å². The fraction of sp³-hybridized carbons (Fsp3) is 0.742. The summed E-state index contributed by atoms with van der Waals surface area (Å²) in [6.45, 7) is -2.16. The van der Waals surface area contributed by atoms with Gasteiger partial charge in [-0.3, -0.25) is 4.90 Å². The first kappa shape index (κ1) is 37.4. The number of ether oxygens (including phenoxy) is 5. The summed E-state index contributed by atoms with van der Waals surface area (Å²) in [5.74, 6) is 3.73. The van der Waals surface area contributed by atoms with Crippen LogP contribution in [0.4, 0.5) is 0 Å². The van der Waals surface area contributed by atoms with E-state index in [4.69, 9.17) is 23.7 Å². The predicted octanol–water partition coefficient (Wildman–Crippen LogP) is -5.69. The molecule has 17 nitrogen and oxygen atoms in total. The minimum Gasteiger partial charge on any atom is -0.395 e. The number of benzene rings is 1. The van der Waals surface area contributed by atoms with Gasteiger partial charge < -0.3 is 79.9 Å². The molecule has 11 N–H and O–H groups in total. The molecule has 270 valence electrons. The zero-order chi connectivity index (χ0) is 34.7. The Morgan fingerprint density at radius 3 is 2.12 bits per heavy atom. The largest absolute Gasteiger partial charge is 0.395 e. The lowest BCUT2D eigenvalue weighted by Gasteiger charge is -2.46. The first-order valence-corrected chi connectivity index (χ1v) is 15.8. The maximum atomic E-state index is 11.1. The fourth-order valence-electron chi connectivity index (χ4n) is 6.53. The second kappa shape index (κ2) is 16.0. The number of aliphatic hydroxyl groups excluding tert-OH is 11. The van der Waals surface area contributed by atoms with E-state index in [0.29, 0.717) is 18.5 Å². The molecule has 0 aliphatic carbocycles. The van der Waals surface area contributed by atoms with Crippen LogP contribution in [0.3, 0.4) is 0 Å². The van der Waals surface area contributed by atoms with E-state index in [2.05, 4.69) is 11.8 Å². The van der Waals surface area contributed by atoms with Crippen molar-refractivity contribution in [3.8, 4) is 11.8 Å². The van der Waals surface area contributed by atoms with Crippen molar-refractivity contribution in [2.24, 2.45) is 0 Å². The van der Waals surface area contributed by atoms with Gasteiger partial charge in [-0.2, -0.15) is 0 Å². The average molecular weight is 688 g/mol. The Labute approximate surface area is 276 Å². The summed E-state index contributed by atoms with van der Waals surface area (Å²) < 4.78 is 28.2. The molecule has 4 fully saturated rings.